The Hall–Kier alpha value is -2.58. The van der Waals surface area contributed by atoms with Crippen LogP contribution in [0.25, 0.3) is 22.3 Å². The Labute approximate surface area is 147 Å². The summed E-state index contributed by atoms with van der Waals surface area (Å²) in [4.78, 5) is 12.0. The molecule has 0 aromatic heterocycles. The van der Waals surface area contributed by atoms with E-state index < -0.39 is 0 Å². The zero-order valence-electron chi connectivity index (χ0n) is 13.4. The monoisotopic (exact) mass is 335 g/mol. The summed E-state index contributed by atoms with van der Waals surface area (Å²) in [5.74, 6) is -0.0867. The molecular formula is C21H18ClNO. The quantitative estimate of drug-likeness (QED) is 0.677. The van der Waals surface area contributed by atoms with Gasteiger partial charge in [-0.2, -0.15) is 0 Å². The molecule has 0 heterocycles. The molecule has 0 bridgehead atoms. The summed E-state index contributed by atoms with van der Waals surface area (Å²) in [7, 11) is 0. The van der Waals surface area contributed by atoms with Crippen molar-refractivity contribution in [3.8, 4) is 22.3 Å². The minimum atomic E-state index is -0.0867. The highest BCUT2D eigenvalue weighted by Gasteiger charge is 2.10. The second-order valence-corrected chi connectivity index (χ2v) is 5.90. The maximum atomic E-state index is 12.0. The summed E-state index contributed by atoms with van der Waals surface area (Å²) in [6.45, 7) is 2.50. The van der Waals surface area contributed by atoms with Crippen LogP contribution < -0.4 is 5.32 Å². The van der Waals surface area contributed by atoms with E-state index in [-0.39, 0.29) is 5.91 Å². The lowest BCUT2D eigenvalue weighted by Crippen LogP contribution is -2.22. The second-order valence-electron chi connectivity index (χ2n) is 5.50. The van der Waals surface area contributed by atoms with Crippen LogP contribution in [0.3, 0.4) is 0 Å². The normalized spacial score (nSPS) is 10.4. The van der Waals surface area contributed by atoms with Crippen molar-refractivity contribution in [3.05, 3.63) is 83.4 Å². The Kier molecular flexibility index (Phi) is 4.97. The molecule has 24 heavy (non-hydrogen) atoms. The van der Waals surface area contributed by atoms with Gasteiger partial charge >= 0.3 is 0 Å². The number of hydrogen-bond donors (Lipinski definition) is 1. The molecule has 1 N–H and O–H groups in total. The van der Waals surface area contributed by atoms with Crippen molar-refractivity contribution in [2.75, 3.05) is 6.54 Å². The third kappa shape index (κ3) is 3.50. The molecule has 1 amide bonds. The van der Waals surface area contributed by atoms with Crippen molar-refractivity contribution in [1.82, 2.24) is 5.32 Å². The Bertz CT molecular complexity index is 841. The third-order valence-corrected chi connectivity index (χ3v) is 4.20. The van der Waals surface area contributed by atoms with E-state index in [9.17, 15) is 4.79 Å². The van der Waals surface area contributed by atoms with Crippen molar-refractivity contribution >= 4 is 17.5 Å². The van der Waals surface area contributed by atoms with Crippen molar-refractivity contribution in [2.24, 2.45) is 0 Å². The molecule has 0 saturated heterocycles. The maximum Gasteiger partial charge on any atom is 0.251 e. The van der Waals surface area contributed by atoms with Crippen LogP contribution in [0.2, 0.25) is 5.02 Å². The first-order chi connectivity index (χ1) is 11.7. The summed E-state index contributed by atoms with van der Waals surface area (Å²) in [6, 6.07) is 23.8. The van der Waals surface area contributed by atoms with E-state index >= 15 is 0 Å². The Morgan fingerprint density at radius 1 is 0.875 bits per heavy atom. The van der Waals surface area contributed by atoms with Gasteiger partial charge in [0.05, 0.1) is 0 Å². The van der Waals surface area contributed by atoms with Crippen LogP contribution in [-0.4, -0.2) is 12.5 Å². The fraction of sp³-hybridized carbons (Fsp3) is 0.0952. The fourth-order valence-corrected chi connectivity index (χ4v) is 2.85. The van der Waals surface area contributed by atoms with Gasteiger partial charge in [0.1, 0.15) is 0 Å². The number of carbonyl (C=O) groups is 1. The van der Waals surface area contributed by atoms with Gasteiger partial charge in [-0.1, -0.05) is 66.2 Å². The van der Waals surface area contributed by atoms with Gasteiger partial charge in [0.15, 0.2) is 0 Å². The minimum Gasteiger partial charge on any atom is -0.352 e. The zero-order valence-corrected chi connectivity index (χ0v) is 14.2. The summed E-state index contributed by atoms with van der Waals surface area (Å²) in [5.41, 5.74) is 4.79. The zero-order chi connectivity index (χ0) is 16.9. The van der Waals surface area contributed by atoms with Crippen LogP contribution >= 0.6 is 11.6 Å². The molecule has 2 nitrogen and oxygen atoms in total. The predicted molar refractivity (Wildman–Crippen MR) is 100 cm³/mol. The molecule has 3 aromatic rings. The lowest BCUT2D eigenvalue weighted by atomic mass is 9.99. The SMILES string of the molecule is CCNC(=O)c1ccc(Cl)c(-c2ccc(-c3ccccc3)cc2)c1. The van der Waals surface area contributed by atoms with E-state index in [1.54, 1.807) is 12.1 Å². The minimum absolute atomic E-state index is 0.0867. The van der Waals surface area contributed by atoms with Crippen molar-refractivity contribution in [2.45, 2.75) is 6.92 Å². The summed E-state index contributed by atoms with van der Waals surface area (Å²) >= 11 is 6.34. The molecular weight excluding hydrogens is 318 g/mol. The Morgan fingerprint density at radius 3 is 2.17 bits per heavy atom. The molecule has 3 rings (SSSR count). The molecule has 0 unspecified atom stereocenters. The fourth-order valence-electron chi connectivity index (χ4n) is 2.62. The molecule has 0 radical (unpaired) electrons. The van der Waals surface area contributed by atoms with Gasteiger partial charge in [-0.05, 0) is 41.8 Å². The number of hydrogen-bond acceptors (Lipinski definition) is 1. The van der Waals surface area contributed by atoms with Gasteiger partial charge < -0.3 is 5.32 Å². The molecule has 0 aliphatic carbocycles. The highest BCUT2D eigenvalue weighted by molar-refractivity contribution is 6.33. The van der Waals surface area contributed by atoms with E-state index in [4.69, 9.17) is 11.6 Å². The van der Waals surface area contributed by atoms with Gasteiger partial charge in [-0.15, -0.1) is 0 Å². The van der Waals surface area contributed by atoms with E-state index in [1.165, 1.54) is 5.56 Å². The summed E-state index contributed by atoms with van der Waals surface area (Å²) in [6.07, 6.45) is 0. The molecule has 0 spiro atoms. The number of carbonyl (C=O) groups excluding carboxylic acids is 1. The molecule has 0 saturated carbocycles. The summed E-state index contributed by atoms with van der Waals surface area (Å²) in [5, 5.41) is 3.44. The third-order valence-electron chi connectivity index (χ3n) is 3.87. The first kappa shape index (κ1) is 16.3. The van der Waals surface area contributed by atoms with Crippen LogP contribution in [0.15, 0.2) is 72.8 Å². The molecule has 3 aromatic carbocycles. The van der Waals surface area contributed by atoms with Gasteiger partial charge in [0.25, 0.3) is 5.91 Å². The topological polar surface area (TPSA) is 29.1 Å². The largest absolute Gasteiger partial charge is 0.352 e. The van der Waals surface area contributed by atoms with Crippen LogP contribution in [0.1, 0.15) is 17.3 Å². The molecule has 0 aliphatic heterocycles. The van der Waals surface area contributed by atoms with E-state index in [0.717, 1.165) is 16.7 Å². The second kappa shape index (κ2) is 7.33. The van der Waals surface area contributed by atoms with Crippen LogP contribution in [0, 0.1) is 0 Å². The van der Waals surface area contributed by atoms with E-state index in [0.29, 0.717) is 17.1 Å². The van der Waals surface area contributed by atoms with Crippen molar-refractivity contribution in [3.63, 3.8) is 0 Å². The highest BCUT2D eigenvalue weighted by atomic mass is 35.5. The van der Waals surface area contributed by atoms with Gasteiger partial charge in [0.2, 0.25) is 0 Å². The molecule has 0 aliphatic rings. The van der Waals surface area contributed by atoms with Gasteiger partial charge in [-0.25, -0.2) is 0 Å². The first-order valence-electron chi connectivity index (χ1n) is 7.92. The lowest BCUT2D eigenvalue weighted by Gasteiger charge is -2.09. The molecule has 0 fully saturated rings. The average molecular weight is 336 g/mol. The maximum absolute atomic E-state index is 12.0. The van der Waals surface area contributed by atoms with Gasteiger partial charge in [0, 0.05) is 22.7 Å². The van der Waals surface area contributed by atoms with E-state index in [2.05, 4.69) is 29.6 Å². The van der Waals surface area contributed by atoms with Crippen molar-refractivity contribution < 1.29 is 4.79 Å². The highest BCUT2D eigenvalue weighted by Crippen LogP contribution is 2.30. The first-order valence-corrected chi connectivity index (χ1v) is 8.30. The average Bonchev–Trinajstić information content (AvgIpc) is 2.63. The van der Waals surface area contributed by atoms with Crippen LogP contribution in [0.4, 0.5) is 0 Å². The Balaban J connectivity index is 1.94. The summed E-state index contributed by atoms with van der Waals surface area (Å²) < 4.78 is 0. The smallest absolute Gasteiger partial charge is 0.251 e. The number of benzene rings is 3. The molecule has 0 atom stereocenters. The standard InChI is InChI=1S/C21H18ClNO/c1-2-23-21(24)18-12-13-20(22)19(14-18)17-10-8-16(9-11-17)15-6-4-3-5-7-15/h3-14H,2H2,1H3,(H,23,24). The molecule has 120 valence electrons. The Morgan fingerprint density at radius 2 is 1.50 bits per heavy atom. The number of nitrogens with one attached hydrogen (secondary N) is 1. The lowest BCUT2D eigenvalue weighted by molar-refractivity contribution is 0.0956. The predicted octanol–water partition coefficient (Wildman–Crippen LogP) is 5.42. The molecule has 3 heteroatoms. The van der Waals surface area contributed by atoms with Crippen LogP contribution in [0.5, 0.6) is 0 Å². The van der Waals surface area contributed by atoms with Crippen LogP contribution in [-0.2, 0) is 0 Å². The van der Waals surface area contributed by atoms with E-state index in [1.807, 2.05) is 43.3 Å². The van der Waals surface area contributed by atoms with Gasteiger partial charge in [-0.3, -0.25) is 4.79 Å². The number of rotatable bonds is 4. The van der Waals surface area contributed by atoms with Crippen molar-refractivity contribution in [1.29, 1.82) is 0 Å². The number of amides is 1. The number of halogens is 1.